The molecule has 4 rings (SSSR count). The molecule has 116 valence electrons. The van der Waals surface area contributed by atoms with Gasteiger partial charge in [-0.05, 0) is 70.1 Å². The monoisotopic (exact) mass is 308 g/mol. The lowest BCUT2D eigenvalue weighted by Gasteiger charge is -2.32. The molecule has 0 saturated heterocycles. The number of aliphatic hydroxyl groups excluding tert-OH is 2. The summed E-state index contributed by atoms with van der Waals surface area (Å²) in [6, 6.07) is 12.4. The molecule has 3 aromatic rings. The van der Waals surface area contributed by atoms with E-state index in [1.807, 2.05) is 32.0 Å². The van der Waals surface area contributed by atoms with Crippen molar-refractivity contribution < 1.29 is 14.6 Å². The first kappa shape index (κ1) is 14.4. The minimum absolute atomic E-state index is 0.409. The van der Waals surface area contributed by atoms with Crippen LogP contribution in [0.4, 0.5) is 4.39 Å². The molecule has 0 heterocycles. The molecular formula is C20H17FO2. The summed E-state index contributed by atoms with van der Waals surface area (Å²) >= 11 is 0. The number of benzene rings is 3. The van der Waals surface area contributed by atoms with E-state index in [4.69, 9.17) is 0 Å². The van der Waals surface area contributed by atoms with Gasteiger partial charge in [0.1, 0.15) is 18.0 Å². The zero-order valence-electron chi connectivity index (χ0n) is 13.0. The van der Waals surface area contributed by atoms with Crippen LogP contribution < -0.4 is 0 Å². The molecule has 2 N–H and O–H groups in total. The van der Waals surface area contributed by atoms with Crippen LogP contribution in [0.2, 0.25) is 0 Å². The predicted octanol–water partition coefficient (Wildman–Crippen LogP) is 4.34. The molecule has 23 heavy (non-hydrogen) atoms. The first-order valence-corrected chi connectivity index (χ1v) is 7.68. The Kier molecular flexibility index (Phi) is 3.05. The second kappa shape index (κ2) is 4.88. The third-order valence-corrected chi connectivity index (χ3v) is 4.98. The standard InChI is InChI=1S/C20H17FO2/c1-10-13-5-3-4-6-14(13)11(2)18-17(10)15-8-7-12(21)9-16(15)19(22)20(18)23/h3-9,19-20,22-23H,1-2H3. The van der Waals surface area contributed by atoms with Crippen LogP contribution in [0.15, 0.2) is 42.5 Å². The number of aliphatic hydroxyl groups is 2. The van der Waals surface area contributed by atoms with Gasteiger partial charge in [-0.2, -0.15) is 0 Å². The summed E-state index contributed by atoms with van der Waals surface area (Å²) in [6.07, 6.45) is -2.17. The highest BCUT2D eigenvalue weighted by atomic mass is 19.1. The molecule has 2 unspecified atom stereocenters. The van der Waals surface area contributed by atoms with E-state index < -0.39 is 18.0 Å². The first-order chi connectivity index (χ1) is 11.0. The van der Waals surface area contributed by atoms with Crippen LogP contribution in [-0.4, -0.2) is 10.2 Å². The Morgan fingerprint density at radius 3 is 2.22 bits per heavy atom. The molecule has 0 spiro atoms. The van der Waals surface area contributed by atoms with Crippen molar-refractivity contribution in [2.24, 2.45) is 0 Å². The summed E-state index contributed by atoms with van der Waals surface area (Å²) < 4.78 is 13.6. The maximum absolute atomic E-state index is 13.6. The van der Waals surface area contributed by atoms with Crippen LogP contribution >= 0.6 is 0 Å². The van der Waals surface area contributed by atoms with E-state index in [1.165, 1.54) is 12.1 Å². The molecule has 0 amide bonds. The average molecular weight is 308 g/mol. The van der Waals surface area contributed by atoms with E-state index in [-0.39, 0.29) is 0 Å². The second-order valence-corrected chi connectivity index (χ2v) is 6.21. The molecule has 0 fully saturated rings. The van der Waals surface area contributed by atoms with E-state index in [2.05, 4.69) is 6.07 Å². The Bertz CT molecular complexity index is 946. The van der Waals surface area contributed by atoms with Crippen molar-refractivity contribution in [2.75, 3.05) is 0 Å². The van der Waals surface area contributed by atoms with Crippen molar-refractivity contribution in [3.63, 3.8) is 0 Å². The van der Waals surface area contributed by atoms with Crippen LogP contribution in [0.5, 0.6) is 0 Å². The number of aryl methyl sites for hydroxylation is 2. The smallest absolute Gasteiger partial charge is 0.123 e. The number of fused-ring (bicyclic) bond motifs is 4. The van der Waals surface area contributed by atoms with Gasteiger partial charge >= 0.3 is 0 Å². The predicted molar refractivity (Wildman–Crippen MR) is 88.7 cm³/mol. The fourth-order valence-corrected chi connectivity index (χ4v) is 3.86. The number of rotatable bonds is 0. The first-order valence-electron chi connectivity index (χ1n) is 7.68. The van der Waals surface area contributed by atoms with Crippen LogP contribution in [0.3, 0.4) is 0 Å². The van der Waals surface area contributed by atoms with Gasteiger partial charge in [0.15, 0.2) is 0 Å². The van der Waals surface area contributed by atoms with Gasteiger partial charge in [0.25, 0.3) is 0 Å². The lowest BCUT2D eigenvalue weighted by atomic mass is 9.76. The Morgan fingerprint density at radius 1 is 0.870 bits per heavy atom. The average Bonchev–Trinajstić information content (AvgIpc) is 2.56. The molecule has 0 radical (unpaired) electrons. The molecule has 3 aromatic carbocycles. The SMILES string of the molecule is Cc1c2c(c(C)c3ccccc13)C(O)C(O)c1cc(F)ccc1-2. The quantitative estimate of drug-likeness (QED) is 0.648. The normalized spacial score (nSPS) is 19.5. The fourth-order valence-electron chi connectivity index (χ4n) is 3.86. The van der Waals surface area contributed by atoms with Crippen molar-refractivity contribution in [3.05, 3.63) is 70.5 Å². The van der Waals surface area contributed by atoms with Gasteiger partial charge in [-0.1, -0.05) is 30.3 Å². The van der Waals surface area contributed by atoms with Gasteiger partial charge in [-0.15, -0.1) is 0 Å². The highest BCUT2D eigenvalue weighted by Crippen LogP contribution is 2.49. The molecule has 0 bridgehead atoms. The van der Waals surface area contributed by atoms with Crippen molar-refractivity contribution in [1.82, 2.24) is 0 Å². The summed E-state index contributed by atoms with van der Waals surface area (Å²) in [5.74, 6) is -0.409. The zero-order chi connectivity index (χ0) is 16.3. The minimum atomic E-state index is -1.12. The minimum Gasteiger partial charge on any atom is -0.385 e. The van der Waals surface area contributed by atoms with Gasteiger partial charge in [0.2, 0.25) is 0 Å². The van der Waals surface area contributed by atoms with E-state index >= 15 is 0 Å². The number of halogens is 1. The van der Waals surface area contributed by atoms with Crippen LogP contribution in [0, 0.1) is 19.7 Å². The van der Waals surface area contributed by atoms with E-state index in [0.717, 1.165) is 38.6 Å². The third kappa shape index (κ3) is 1.87. The van der Waals surface area contributed by atoms with E-state index in [0.29, 0.717) is 5.56 Å². The second-order valence-electron chi connectivity index (χ2n) is 6.21. The highest BCUT2D eigenvalue weighted by Gasteiger charge is 2.34. The largest absolute Gasteiger partial charge is 0.385 e. The van der Waals surface area contributed by atoms with Gasteiger partial charge in [0.05, 0.1) is 0 Å². The Hall–Kier alpha value is -2.23. The molecule has 2 nitrogen and oxygen atoms in total. The Labute approximate surface area is 133 Å². The zero-order valence-corrected chi connectivity index (χ0v) is 13.0. The molecule has 2 atom stereocenters. The van der Waals surface area contributed by atoms with Crippen LogP contribution in [0.1, 0.15) is 34.5 Å². The Balaban J connectivity index is 2.19. The molecule has 0 saturated carbocycles. The molecule has 1 aliphatic carbocycles. The number of hydrogen-bond donors (Lipinski definition) is 2. The van der Waals surface area contributed by atoms with Gasteiger partial charge < -0.3 is 10.2 Å². The van der Waals surface area contributed by atoms with Crippen LogP contribution in [0.25, 0.3) is 21.9 Å². The van der Waals surface area contributed by atoms with Crippen molar-refractivity contribution in [2.45, 2.75) is 26.1 Å². The molecule has 1 aliphatic rings. The van der Waals surface area contributed by atoms with E-state index in [9.17, 15) is 14.6 Å². The van der Waals surface area contributed by atoms with Crippen molar-refractivity contribution in [3.8, 4) is 11.1 Å². The summed E-state index contributed by atoms with van der Waals surface area (Å²) in [5, 5.41) is 23.3. The topological polar surface area (TPSA) is 40.5 Å². The fraction of sp³-hybridized carbons (Fsp3) is 0.200. The van der Waals surface area contributed by atoms with Gasteiger partial charge in [-0.3, -0.25) is 0 Å². The molecule has 0 aromatic heterocycles. The van der Waals surface area contributed by atoms with Gasteiger partial charge in [0, 0.05) is 0 Å². The molecular weight excluding hydrogens is 291 g/mol. The summed E-state index contributed by atoms with van der Waals surface area (Å²) in [7, 11) is 0. The third-order valence-electron chi connectivity index (χ3n) is 4.98. The van der Waals surface area contributed by atoms with Crippen LogP contribution in [-0.2, 0) is 0 Å². The molecule has 0 aliphatic heterocycles. The van der Waals surface area contributed by atoms with E-state index in [1.54, 1.807) is 6.07 Å². The van der Waals surface area contributed by atoms with Crippen molar-refractivity contribution >= 4 is 10.8 Å². The molecule has 3 heteroatoms. The highest BCUT2D eigenvalue weighted by molar-refractivity contribution is 5.97. The number of hydrogen-bond acceptors (Lipinski definition) is 2. The maximum atomic E-state index is 13.6. The lowest BCUT2D eigenvalue weighted by Crippen LogP contribution is -2.19. The summed E-state index contributed by atoms with van der Waals surface area (Å²) in [5.41, 5.74) is 4.90. The van der Waals surface area contributed by atoms with Crippen molar-refractivity contribution in [1.29, 1.82) is 0 Å². The summed E-state index contributed by atoms with van der Waals surface area (Å²) in [4.78, 5) is 0. The van der Waals surface area contributed by atoms with Gasteiger partial charge in [-0.25, -0.2) is 4.39 Å². The lowest BCUT2D eigenvalue weighted by molar-refractivity contribution is 0.0153. The Morgan fingerprint density at radius 2 is 1.52 bits per heavy atom. The summed E-state index contributed by atoms with van der Waals surface area (Å²) in [6.45, 7) is 3.98. The maximum Gasteiger partial charge on any atom is 0.123 e.